The third-order valence-electron chi connectivity index (χ3n) is 4.08. The van der Waals surface area contributed by atoms with Crippen molar-refractivity contribution in [3.8, 4) is 6.07 Å². The first-order chi connectivity index (χ1) is 11.7. The summed E-state index contributed by atoms with van der Waals surface area (Å²) in [4.78, 5) is 0. The summed E-state index contributed by atoms with van der Waals surface area (Å²) in [5, 5.41) is 9.61. The number of hydrogen-bond acceptors (Lipinski definition) is 3. The van der Waals surface area contributed by atoms with E-state index in [1.807, 2.05) is 42.5 Å². The average molecular weight is 340 g/mol. The Labute approximate surface area is 147 Å². The number of halogens is 1. The van der Waals surface area contributed by atoms with Gasteiger partial charge < -0.3 is 9.47 Å². The summed E-state index contributed by atoms with van der Waals surface area (Å²) < 4.78 is 11.2. The molecule has 0 saturated carbocycles. The monoisotopic (exact) mass is 339 g/mol. The molecular weight excluding hydrogens is 322 g/mol. The van der Waals surface area contributed by atoms with Crippen LogP contribution in [-0.4, -0.2) is 13.4 Å². The van der Waals surface area contributed by atoms with E-state index in [2.05, 4.69) is 18.2 Å². The molecule has 0 N–H and O–H groups in total. The average Bonchev–Trinajstić information content (AvgIpc) is 2.64. The minimum absolute atomic E-state index is 0.124. The Bertz CT molecular complexity index is 777. The molecule has 0 amide bonds. The fraction of sp³-hybridized carbons (Fsp3) is 0.250. The lowest BCUT2D eigenvalue weighted by atomic mass is 9.99. The van der Waals surface area contributed by atoms with Gasteiger partial charge in [0.1, 0.15) is 6.10 Å². The van der Waals surface area contributed by atoms with Crippen LogP contribution in [0.25, 0.3) is 0 Å². The molecule has 1 heterocycles. The van der Waals surface area contributed by atoms with Crippen LogP contribution >= 0.6 is 11.6 Å². The zero-order chi connectivity index (χ0) is 16.9. The molecular formula is C20H18ClNO2. The summed E-state index contributed by atoms with van der Waals surface area (Å²) in [6, 6.07) is 15.7. The van der Waals surface area contributed by atoms with Gasteiger partial charge in [-0.05, 0) is 41.3 Å². The summed E-state index contributed by atoms with van der Waals surface area (Å²) in [5.41, 5.74) is 3.87. The number of rotatable bonds is 4. The molecule has 4 heteroatoms. The van der Waals surface area contributed by atoms with Crippen molar-refractivity contribution in [3.63, 3.8) is 0 Å². The molecule has 2 atom stereocenters. The second-order valence-electron chi connectivity index (χ2n) is 5.72. The van der Waals surface area contributed by atoms with E-state index in [4.69, 9.17) is 26.3 Å². The van der Waals surface area contributed by atoms with Gasteiger partial charge in [0.05, 0.1) is 11.6 Å². The van der Waals surface area contributed by atoms with Crippen LogP contribution in [0.15, 0.2) is 54.6 Å². The largest absolute Gasteiger partial charge is 0.356 e. The molecule has 0 aliphatic carbocycles. The second kappa shape index (κ2) is 7.63. The topological polar surface area (TPSA) is 42.2 Å². The van der Waals surface area contributed by atoms with Crippen molar-refractivity contribution in [1.82, 2.24) is 0 Å². The first-order valence-electron chi connectivity index (χ1n) is 7.82. The number of nitriles is 1. The van der Waals surface area contributed by atoms with Crippen LogP contribution in [0.5, 0.6) is 0 Å². The van der Waals surface area contributed by atoms with E-state index in [1.54, 1.807) is 7.11 Å². The van der Waals surface area contributed by atoms with E-state index < -0.39 is 0 Å². The van der Waals surface area contributed by atoms with E-state index >= 15 is 0 Å². The van der Waals surface area contributed by atoms with Gasteiger partial charge in [0, 0.05) is 18.6 Å². The maximum atomic E-state index is 8.88. The SMILES string of the molecule is CO[C@@H]1CC=C[C@@H](c2ccc(Cl)c(Cc3ccc(C#N)cc3)c2)O1. The number of methoxy groups -OCH3 is 1. The lowest BCUT2D eigenvalue weighted by Crippen LogP contribution is -2.20. The van der Waals surface area contributed by atoms with Gasteiger partial charge in [-0.3, -0.25) is 0 Å². The van der Waals surface area contributed by atoms with Crippen LogP contribution in [0.1, 0.15) is 34.8 Å². The van der Waals surface area contributed by atoms with E-state index in [1.165, 1.54) is 0 Å². The minimum Gasteiger partial charge on any atom is -0.356 e. The van der Waals surface area contributed by atoms with E-state index in [0.29, 0.717) is 12.0 Å². The number of benzene rings is 2. The number of nitrogens with zero attached hydrogens (tertiary/aromatic N) is 1. The van der Waals surface area contributed by atoms with Gasteiger partial charge in [-0.1, -0.05) is 48.0 Å². The highest BCUT2D eigenvalue weighted by molar-refractivity contribution is 6.31. The highest BCUT2D eigenvalue weighted by atomic mass is 35.5. The third kappa shape index (κ3) is 3.85. The van der Waals surface area contributed by atoms with Gasteiger partial charge in [0.15, 0.2) is 6.29 Å². The molecule has 0 bridgehead atoms. The zero-order valence-corrected chi connectivity index (χ0v) is 14.2. The summed E-state index contributed by atoms with van der Waals surface area (Å²) in [5.74, 6) is 0. The normalized spacial score (nSPS) is 19.9. The van der Waals surface area contributed by atoms with Crippen LogP contribution in [0.4, 0.5) is 0 Å². The Morgan fingerprint density at radius 1 is 1.25 bits per heavy atom. The maximum Gasteiger partial charge on any atom is 0.161 e. The maximum absolute atomic E-state index is 8.88. The molecule has 0 unspecified atom stereocenters. The molecule has 3 rings (SSSR count). The fourth-order valence-electron chi connectivity index (χ4n) is 2.74. The van der Waals surface area contributed by atoms with Crippen molar-refractivity contribution in [2.24, 2.45) is 0 Å². The van der Waals surface area contributed by atoms with E-state index in [-0.39, 0.29) is 12.4 Å². The van der Waals surface area contributed by atoms with Gasteiger partial charge in [0.25, 0.3) is 0 Å². The molecule has 122 valence electrons. The molecule has 0 aromatic heterocycles. The highest BCUT2D eigenvalue weighted by Gasteiger charge is 2.19. The Hall–Kier alpha value is -2.12. The molecule has 2 aromatic carbocycles. The van der Waals surface area contributed by atoms with Crippen molar-refractivity contribution in [3.05, 3.63) is 81.9 Å². The Morgan fingerprint density at radius 2 is 2.04 bits per heavy atom. The second-order valence-corrected chi connectivity index (χ2v) is 6.13. The molecule has 0 saturated heterocycles. The van der Waals surface area contributed by atoms with Crippen molar-refractivity contribution in [1.29, 1.82) is 5.26 Å². The van der Waals surface area contributed by atoms with Crippen molar-refractivity contribution in [2.45, 2.75) is 25.2 Å². The molecule has 0 radical (unpaired) electrons. The first-order valence-corrected chi connectivity index (χ1v) is 8.19. The highest BCUT2D eigenvalue weighted by Crippen LogP contribution is 2.30. The molecule has 24 heavy (non-hydrogen) atoms. The first kappa shape index (κ1) is 16.7. The van der Waals surface area contributed by atoms with E-state index in [9.17, 15) is 0 Å². The van der Waals surface area contributed by atoms with Crippen molar-refractivity contribution >= 4 is 11.6 Å². The molecule has 2 aromatic rings. The summed E-state index contributed by atoms with van der Waals surface area (Å²) >= 11 is 6.36. The van der Waals surface area contributed by atoms with Crippen LogP contribution in [0, 0.1) is 11.3 Å². The molecule has 3 nitrogen and oxygen atoms in total. The standard InChI is InChI=1S/C20H18ClNO2/c1-23-20-4-2-3-19(24-20)16-9-10-18(21)17(12-16)11-14-5-7-15(13-22)8-6-14/h2-3,5-10,12,19-20H,4,11H2,1H3/t19-,20-/m0/s1. The molecule has 1 aliphatic heterocycles. The van der Waals surface area contributed by atoms with Crippen LogP contribution in [0.2, 0.25) is 5.02 Å². The summed E-state index contributed by atoms with van der Waals surface area (Å²) in [6.45, 7) is 0. The van der Waals surface area contributed by atoms with Crippen LogP contribution in [-0.2, 0) is 15.9 Å². The molecule has 1 aliphatic rings. The Balaban J connectivity index is 1.82. The van der Waals surface area contributed by atoms with Gasteiger partial charge >= 0.3 is 0 Å². The Kier molecular flexibility index (Phi) is 5.32. The summed E-state index contributed by atoms with van der Waals surface area (Å²) in [6.07, 6.45) is 5.27. The lowest BCUT2D eigenvalue weighted by Gasteiger charge is -2.25. The smallest absolute Gasteiger partial charge is 0.161 e. The van der Waals surface area contributed by atoms with Gasteiger partial charge in [-0.25, -0.2) is 0 Å². The third-order valence-corrected chi connectivity index (χ3v) is 4.45. The van der Waals surface area contributed by atoms with Gasteiger partial charge in [-0.2, -0.15) is 5.26 Å². The lowest BCUT2D eigenvalue weighted by molar-refractivity contribution is -0.148. The number of ether oxygens (including phenoxy) is 2. The summed E-state index contributed by atoms with van der Waals surface area (Å²) in [7, 11) is 1.65. The van der Waals surface area contributed by atoms with Gasteiger partial charge in [0.2, 0.25) is 0 Å². The van der Waals surface area contributed by atoms with Crippen LogP contribution in [0.3, 0.4) is 0 Å². The Morgan fingerprint density at radius 3 is 2.75 bits per heavy atom. The predicted octanol–water partition coefficient (Wildman–Crippen LogP) is 4.79. The fourth-order valence-corrected chi connectivity index (χ4v) is 2.93. The van der Waals surface area contributed by atoms with Crippen molar-refractivity contribution < 1.29 is 9.47 Å². The molecule has 0 spiro atoms. The molecule has 0 fully saturated rings. The minimum atomic E-state index is -0.211. The van der Waals surface area contributed by atoms with Crippen LogP contribution < -0.4 is 0 Å². The quantitative estimate of drug-likeness (QED) is 0.752. The van der Waals surface area contributed by atoms with Gasteiger partial charge in [-0.15, -0.1) is 0 Å². The van der Waals surface area contributed by atoms with E-state index in [0.717, 1.165) is 28.1 Å². The predicted molar refractivity (Wildman–Crippen MR) is 93.8 cm³/mol. The zero-order valence-electron chi connectivity index (χ0n) is 13.4. The number of hydrogen-bond donors (Lipinski definition) is 0. The van der Waals surface area contributed by atoms with Crippen molar-refractivity contribution in [2.75, 3.05) is 7.11 Å².